The van der Waals surface area contributed by atoms with E-state index in [1.54, 1.807) is 6.92 Å². The van der Waals surface area contributed by atoms with Gasteiger partial charge in [-0.05, 0) is 44.3 Å². The quantitative estimate of drug-likeness (QED) is 0.760. The lowest BCUT2D eigenvalue weighted by molar-refractivity contribution is -0.117. The van der Waals surface area contributed by atoms with E-state index in [1.807, 2.05) is 24.3 Å². The molecule has 0 aromatic heterocycles. The molecule has 0 saturated heterocycles. The molecular weight excluding hydrogens is 254 g/mol. The number of hydrogen-bond acceptors (Lipinski definition) is 4. The molecule has 112 valence electrons. The summed E-state index contributed by atoms with van der Waals surface area (Å²) >= 11 is 0. The van der Waals surface area contributed by atoms with Crippen LogP contribution in [0, 0.1) is 0 Å². The van der Waals surface area contributed by atoms with Crippen LogP contribution in [0.2, 0.25) is 0 Å². The Labute approximate surface area is 121 Å². The van der Waals surface area contributed by atoms with Gasteiger partial charge in [0, 0.05) is 12.2 Å². The zero-order chi connectivity index (χ0) is 15.0. The lowest BCUT2D eigenvalue weighted by atomic mass is 10.2. The van der Waals surface area contributed by atoms with E-state index >= 15 is 0 Å². The van der Waals surface area contributed by atoms with Gasteiger partial charge in [0.2, 0.25) is 5.91 Å². The van der Waals surface area contributed by atoms with Gasteiger partial charge >= 0.3 is 0 Å². The monoisotopic (exact) mass is 279 g/mol. The number of likely N-dealkylation sites (N-methyl/N-ethyl adjacent to an activating group) is 1. The molecule has 1 aromatic carbocycles. The van der Waals surface area contributed by atoms with Crippen LogP contribution in [-0.4, -0.2) is 43.1 Å². The highest BCUT2D eigenvalue weighted by molar-refractivity contribution is 5.94. The van der Waals surface area contributed by atoms with E-state index in [0.717, 1.165) is 31.1 Å². The SMILES string of the molecule is CCN(CC)CCOc1ccc(NC(=O)[C@H](C)N)cc1. The van der Waals surface area contributed by atoms with Crippen molar-refractivity contribution in [3.8, 4) is 5.75 Å². The number of carbonyl (C=O) groups excluding carboxylic acids is 1. The first kappa shape index (κ1) is 16.5. The summed E-state index contributed by atoms with van der Waals surface area (Å²) in [6.07, 6.45) is 0. The summed E-state index contributed by atoms with van der Waals surface area (Å²) in [4.78, 5) is 13.7. The van der Waals surface area contributed by atoms with Crippen LogP contribution in [0.3, 0.4) is 0 Å². The molecule has 0 fully saturated rings. The van der Waals surface area contributed by atoms with Gasteiger partial charge in [-0.3, -0.25) is 4.79 Å². The summed E-state index contributed by atoms with van der Waals surface area (Å²) < 4.78 is 5.67. The van der Waals surface area contributed by atoms with Crippen molar-refractivity contribution in [2.45, 2.75) is 26.8 Å². The molecule has 5 heteroatoms. The summed E-state index contributed by atoms with van der Waals surface area (Å²) in [5.74, 6) is 0.608. The molecule has 0 aliphatic carbocycles. The molecule has 5 nitrogen and oxygen atoms in total. The minimum Gasteiger partial charge on any atom is -0.492 e. The summed E-state index contributed by atoms with van der Waals surface area (Å²) in [6, 6.07) is 6.80. The van der Waals surface area contributed by atoms with Crippen molar-refractivity contribution < 1.29 is 9.53 Å². The van der Waals surface area contributed by atoms with Gasteiger partial charge in [0.1, 0.15) is 12.4 Å². The molecule has 0 spiro atoms. The van der Waals surface area contributed by atoms with Crippen molar-refractivity contribution in [1.82, 2.24) is 4.90 Å². The van der Waals surface area contributed by atoms with Crippen LogP contribution in [-0.2, 0) is 4.79 Å². The van der Waals surface area contributed by atoms with Crippen LogP contribution in [0.1, 0.15) is 20.8 Å². The van der Waals surface area contributed by atoms with Crippen LogP contribution >= 0.6 is 0 Å². The Morgan fingerprint density at radius 1 is 1.30 bits per heavy atom. The van der Waals surface area contributed by atoms with Crippen LogP contribution in [0.4, 0.5) is 5.69 Å². The average molecular weight is 279 g/mol. The van der Waals surface area contributed by atoms with Crippen molar-refractivity contribution in [2.24, 2.45) is 5.73 Å². The first-order valence-corrected chi connectivity index (χ1v) is 7.08. The Balaban J connectivity index is 2.41. The predicted octanol–water partition coefficient (Wildman–Crippen LogP) is 1.69. The first-order valence-electron chi connectivity index (χ1n) is 7.08. The Bertz CT molecular complexity index is 400. The normalized spacial score (nSPS) is 12.2. The van der Waals surface area contributed by atoms with Gasteiger partial charge in [0.25, 0.3) is 0 Å². The fraction of sp³-hybridized carbons (Fsp3) is 0.533. The summed E-state index contributed by atoms with van der Waals surface area (Å²) in [5, 5.41) is 2.73. The van der Waals surface area contributed by atoms with Gasteiger partial charge in [0.05, 0.1) is 6.04 Å². The Morgan fingerprint density at radius 2 is 1.90 bits per heavy atom. The second-order valence-electron chi connectivity index (χ2n) is 4.68. The maximum Gasteiger partial charge on any atom is 0.240 e. The largest absolute Gasteiger partial charge is 0.492 e. The standard InChI is InChI=1S/C15H25N3O2/c1-4-18(5-2)10-11-20-14-8-6-13(7-9-14)17-15(19)12(3)16/h6-9,12H,4-5,10-11,16H2,1-3H3,(H,17,19)/t12-/m0/s1. The molecule has 0 unspecified atom stereocenters. The molecule has 0 aliphatic rings. The highest BCUT2D eigenvalue weighted by Crippen LogP contribution is 2.15. The average Bonchev–Trinajstić information content (AvgIpc) is 2.45. The van der Waals surface area contributed by atoms with Gasteiger partial charge in [-0.1, -0.05) is 13.8 Å². The number of rotatable bonds is 8. The minimum atomic E-state index is -0.514. The number of benzene rings is 1. The number of ether oxygens (including phenoxy) is 1. The van der Waals surface area contributed by atoms with E-state index in [0.29, 0.717) is 6.61 Å². The molecule has 1 atom stereocenters. The second-order valence-corrected chi connectivity index (χ2v) is 4.68. The molecule has 0 radical (unpaired) electrons. The number of anilines is 1. The number of amides is 1. The molecule has 3 N–H and O–H groups in total. The molecule has 0 heterocycles. The predicted molar refractivity (Wildman–Crippen MR) is 82.0 cm³/mol. The van der Waals surface area contributed by atoms with E-state index in [4.69, 9.17) is 10.5 Å². The first-order chi connectivity index (χ1) is 9.56. The molecule has 0 bridgehead atoms. The highest BCUT2D eigenvalue weighted by Gasteiger charge is 2.07. The maximum absolute atomic E-state index is 11.4. The van der Waals surface area contributed by atoms with Crippen molar-refractivity contribution >= 4 is 11.6 Å². The van der Waals surface area contributed by atoms with Gasteiger partial charge < -0.3 is 20.7 Å². The number of nitrogens with one attached hydrogen (secondary N) is 1. The molecule has 1 aromatic rings. The van der Waals surface area contributed by atoms with Crippen LogP contribution < -0.4 is 15.8 Å². The van der Waals surface area contributed by atoms with Crippen LogP contribution in [0.25, 0.3) is 0 Å². The molecule has 20 heavy (non-hydrogen) atoms. The Hall–Kier alpha value is -1.59. The zero-order valence-corrected chi connectivity index (χ0v) is 12.6. The second kappa shape index (κ2) is 8.55. The van der Waals surface area contributed by atoms with Crippen molar-refractivity contribution in [1.29, 1.82) is 0 Å². The third kappa shape index (κ3) is 5.59. The van der Waals surface area contributed by atoms with Crippen molar-refractivity contribution in [3.05, 3.63) is 24.3 Å². The van der Waals surface area contributed by atoms with E-state index in [1.165, 1.54) is 0 Å². The van der Waals surface area contributed by atoms with Gasteiger partial charge in [-0.15, -0.1) is 0 Å². The van der Waals surface area contributed by atoms with E-state index in [-0.39, 0.29) is 5.91 Å². The third-order valence-electron chi connectivity index (χ3n) is 3.11. The summed E-state index contributed by atoms with van der Waals surface area (Å²) in [6.45, 7) is 9.56. The van der Waals surface area contributed by atoms with Crippen LogP contribution in [0.15, 0.2) is 24.3 Å². The lowest BCUT2D eigenvalue weighted by Gasteiger charge is -2.18. The number of nitrogens with two attached hydrogens (primary N) is 1. The number of hydrogen-bond donors (Lipinski definition) is 2. The molecule has 0 aliphatic heterocycles. The Kier molecular flexibility index (Phi) is 7.04. The van der Waals surface area contributed by atoms with Crippen molar-refractivity contribution in [2.75, 3.05) is 31.6 Å². The maximum atomic E-state index is 11.4. The third-order valence-corrected chi connectivity index (χ3v) is 3.11. The van der Waals surface area contributed by atoms with Gasteiger partial charge in [-0.2, -0.15) is 0 Å². The minimum absolute atomic E-state index is 0.194. The van der Waals surface area contributed by atoms with E-state index in [9.17, 15) is 4.79 Å². The highest BCUT2D eigenvalue weighted by atomic mass is 16.5. The number of carbonyl (C=O) groups is 1. The Morgan fingerprint density at radius 3 is 2.40 bits per heavy atom. The van der Waals surface area contributed by atoms with E-state index < -0.39 is 6.04 Å². The summed E-state index contributed by atoms with van der Waals surface area (Å²) in [7, 11) is 0. The molecule has 0 saturated carbocycles. The summed E-state index contributed by atoms with van der Waals surface area (Å²) in [5.41, 5.74) is 6.22. The molecular formula is C15H25N3O2. The van der Waals surface area contributed by atoms with Gasteiger partial charge in [0.15, 0.2) is 0 Å². The zero-order valence-electron chi connectivity index (χ0n) is 12.6. The van der Waals surface area contributed by atoms with Crippen molar-refractivity contribution in [3.63, 3.8) is 0 Å². The van der Waals surface area contributed by atoms with E-state index in [2.05, 4.69) is 24.1 Å². The van der Waals surface area contributed by atoms with Crippen LogP contribution in [0.5, 0.6) is 5.75 Å². The topological polar surface area (TPSA) is 67.6 Å². The fourth-order valence-electron chi connectivity index (χ4n) is 1.72. The molecule has 1 amide bonds. The van der Waals surface area contributed by atoms with Gasteiger partial charge in [-0.25, -0.2) is 0 Å². The fourth-order valence-corrected chi connectivity index (χ4v) is 1.72. The smallest absolute Gasteiger partial charge is 0.240 e. The lowest BCUT2D eigenvalue weighted by Crippen LogP contribution is -2.32. The number of nitrogens with zero attached hydrogens (tertiary/aromatic N) is 1. The molecule has 1 rings (SSSR count).